The third-order valence-corrected chi connectivity index (χ3v) is 4.47. The summed E-state index contributed by atoms with van der Waals surface area (Å²) in [6, 6.07) is 25.2. The SMILES string of the molecule is COCCOc1cccc(C(=O)NC(c2ccccc2)c2ccc(C)cc2)c1. The van der Waals surface area contributed by atoms with Crippen LogP contribution in [0.25, 0.3) is 0 Å². The largest absolute Gasteiger partial charge is 0.491 e. The van der Waals surface area contributed by atoms with Crippen molar-refractivity contribution < 1.29 is 14.3 Å². The summed E-state index contributed by atoms with van der Waals surface area (Å²) in [5, 5.41) is 3.16. The molecular formula is C24H25NO3. The lowest BCUT2D eigenvalue weighted by Crippen LogP contribution is -2.29. The average molecular weight is 375 g/mol. The summed E-state index contributed by atoms with van der Waals surface area (Å²) < 4.78 is 10.6. The molecule has 3 aromatic rings. The molecule has 0 saturated heterocycles. The first-order valence-electron chi connectivity index (χ1n) is 9.31. The van der Waals surface area contributed by atoms with Gasteiger partial charge in [0, 0.05) is 12.7 Å². The van der Waals surface area contributed by atoms with E-state index in [1.54, 1.807) is 19.2 Å². The van der Waals surface area contributed by atoms with E-state index in [1.807, 2.05) is 42.5 Å². The summed E-state index contributed by atoms with van der Waals surface area (Å²) in [4.78, 5) is 13.0. The minimum Gasteiger partial charge on any atom is -0.491 e. The van der Waals surface area contributed by atoms with Crippen molar-refractivity contribution in [3.63, 3.8) is 0 Å². The van der Waals surface area contributed by atoms with Gasteiger partial charge >= 0.3 is 0 Å². The highest BCUT2D eigenvalue weighted by Crippen LogP contribution is 2.23. The Morgan fingerprint density at radius 1 is 0.893 bits per heavy atom. The quantitative estimate of drug-likeness (QED) is 0.588. The van der Waals surface area contributed by atoms with Gasteiger partial charge in [0.2, 0.25) is 0 Å². The first-order valence-corrected chi connectivity index (χ1v) is 9.31. The van der Waals surface area contributed by atoms with Crippen LogP contribution in [0.1, 0.15) is 33.1 Å². The number of aryl methyl sites for hydroxylation is 1. The zero-order chi connectivity index (χ0) is 19.8. The van der Waals surface area contributed by atoms with Crippen LogP contribution in [0.4, 0.5) is 0 Å². The monoisotopic (exact) mass is 375 g/mol. The van der Waals surface area contributed by atoms with E-state index in [4.69, 9.17) is 9.47 Å². The first kappa shape index (κ1) is 19.6. The molecule has 4 heteroatoms. The molecule has 1 N–H and O–H groups in total. The van der Waals surface area contributed by atoms with Gasteiger partial charge in [0.1, 0.15) is 12.4 Å². The molecule has 1 unspecified atom stereocenters. The fraction of sp³-hybridized carbons (Fsp3) is 0.208. The molecule has 0 radical (unpaired) electrons. The molecule has 0 fully saturated rings. The van der Waals surface area contributed by atoms with Gasteiger partial charge in [-0.1, -0.05) is 66.2 Å². The average Bonchev–Trinajstić information content (AvgIpc) is 2.74. The Balaban J connectivity index is 1.82. The molecule has 0 spiro atoms. The Kier molecular flexibility index (Phi) is 6.82. The lowest BCUT2D eigenvalue weighted by atomic mass is 9.97. The summed E-state index contributed by atoms with van der Waals surface area (Å²) >= 11 is 0. The molecule has 0 bridgehead atoms. The molecule has 28 heavy (non-hydrogen) atoms. The van der Waals surface area contributed by atoms with Crippen molar-refractivity contribution in [2.45, 2.75) is 13.0 Å². The molecular weight excluding hydrogens is 350 g/mol. The second kappa shape index (κ2) is 9.72. The van der Waals surface area contributed by atoms with Crippen LogP contribution >= 0.6 is 0 Å². The number of benzene rings is 3. The standard InChI is InChI=1S/C24H25NO3/c1-18-11-13-20(14-12-18)23(19-7-4-3-5-8-19)25-24(26)21-9-6-10-22(17-21)28-16-15-27-2/h3-14,17,23H,15-16H2,1-2H3,(H,25,26). The first-order chi connectivity index (χ1) is 13.7. The third-order valence-electron chi connectivity index (χ3n) is 4.47. The number of amides is 1. The maximum atomic E-state index is 13.0. The van der Waals surface area contributed by atoms with Gasteiger partial charge in [-0.25, -0.2) is 0 Å². The van der Waals surface area contributed by atoms with Crippen LogP contribution in [0, 0.1) is 6.92 Å². The fourth-order valence-corrected chi connectivity index (χ4v) is 2.95. The summed E-state index contributed by atoms with van der Waals surface area (Å²) in [6.07, 6.45) is 0. The molecule has 0 aliphatic rings. The van der Waals surface area contributed by atoms with E-state index in [0.29, 0.717) is 24.5 Å². The number of ether oxygens (including phenoxy) is 2. The number of nitrogens with one attached hydrogen (secondary N) is 1. The van der Waals surface area contributed by atoms with Crippen molar-refractivity contribution in [2.75, 3.05) is 20.3 Å². The maximum Gasteiger partial charge on any atom is 0.252 e. The van der Waals surface area contributed by atoms with Crippen molar-refractivity contribution >= 4 is 5.91 Å². The maximum absolute atomic E-state index is 13.0. The Morgan fingerprint density at radius 2 is 1.61 bits per heavy atom. The summed E-state index contributed by atoms with van der Waals surface area (Å²) in [5.74, 6) is 0.503. The molecule has 1 amide bonds. The van der Waals surface area contributed by atoms with Gasteiger partial charge < -0.3 is 14.8 Å². The van der Waals surface area contributed by atoms with Crippen LogP contribution in [-0.4, -0.2) is 26.2 Å². The van der Waals surface area contributed by atoms with E-state index in [9.17, 15) is 4.79 Å². The van der Waals surface area contributed by atoms with Crippen molar-refractivity contribution in [1.82, 2.24) is 5.32 Å². The van der Waals surface area contributed by atoms with Crippen LogP contribution in [-0.2, 0) is 4.74 Å². The Morgan fingerprint density at radius 3 is 2.32 bits per heavy atom. The lowest BCUT2D eigenvalue weighted by Gasteiger charge is -2.20. The zero-order valence-corrected chi connectivity index (χ0v) is 16.2. The van der Waals surface area contributed by atoms with Crippen molar-refractivity contribution in [2.24, 2.45) is 0 Å². The summed E-state index contributed by atoms with van der Waals surface area (Å²) in [7, 11) is 1.63. The summed E-state index contributed by atoms with van der Waals surface area (Å²) in [6.45, 7) is 2.99. The van der Waals surface area contributed by atoms with Crippen LogP contribution in [0.3, 0.4) is 0 Å². The summed E-state index contributed by atoms with van der Waals surface area (Å²) in [5.41, 5.74) is 3.82. The smallest absolute Gasteiger partial charge is 0.252 e. The Labute approximate surface area is 166 Å². The Hall–Kier alpha value is -3.11. The predicted octanol–water partition coefficient (Wildman–Crippen LogP) is 4.54. The molecule has 0 aliphatic heterocycles. The minimum atomic E-state index is -0.229. The highest BCUT2D eigenvalue weighted by Gasteiger charge is 2.18. The number of methoxy groups -OCH3 is 1. The zero-order valence-electron chi connectivity index (χ0n) is 16.2. The second-order valence-electron chi connectivity index (χ2n) is 6.60. The number of carbonyl (C=O) groups excluding carboxylic acids is 1. The van der Waals surface area contributed by atoms with E-state index >= 15 is 0 Å². The normalized spacial score (nSPS) is 11.6. The molecule has 0 heterocycles. The van der Waals surface area contributed by atoms with Gasteiger partial charge in [-0.2, -0.15) is 0 Å². The number of hydrogen-bond acceptors (Lipinski definition) is 3. The van der Waals surface area contributed by atoms with Gasteiger partial charge in [-0.05, 0) is 36.2 Å². The van der Waals surface area contributed by atoms with E-state index in [-0.39, 0.29) is 11.9 Å². The molecule has 0 saturated carbocycles. The molecule has 4 nitrogen and oxygen atoms in total. The van der Waals surface area contributed by atoms with Gasteiger partial charge in [0.25, 0.3) is 5.91 Å². The van der Waals surface area contributed by atoms with E-state index in [0.717, 1.165) is 11.1 Å². The number of hydrogen-bond donors (Lipinski definition) is 1. The van der Waals surface area contributed by atoms with Gasteiger partial charge in [0.15, 0.2) is 0 Å². The molecule has 0 aromatic heterocycles. The van der Waals surface area contributed by atoms with E-state index in [2.05, 4.69) is 36.5 Å². The Bertz CT molecular complexity index is 891. The number of carbonyl (C=O) groups is 1. The molecule has 3 rings (SSSR count). The van der Waals surface area contributed by atoms with Crippen LogP contribution in [0.15, 0.2) is 78.9 Å². The fourth-order valence-electron chi connectivity index (χ4n) is 2.95. The van der Waals surface area contributed by atoms with Crippen molar-refractivity contribution in [3.8, 4) is 5.75 Å². The molecule has 1 atom stereocenters. The lowest BCUT2D eigenvalue weighted by molar-refractivity contribution is 0.0942. The van der Waals surface area contributed by atoms with Crippen molar-refractivity contribution in [3.05, 3.63) is 101 Å². The van der Waals surface area contributed by atoms with Crippen molar-refractivity contribution in [1.29, 1.82) is 0 Å². The van der Waals surface area contributed by atoms with Gasteiger partial charge in [0.05, 0.1) is 12.6 Å². The van der Waals surface area contributed by atoms with Crippen LogP contribution in [0.5, 0.6) is 5.75 Å². The second-order valence-corrected chi connectivity index (χ2v) is 6.60. The highest BCUT2D eigenvalue weighted by molar-refractivity contribution is 5.95. The van der Waals surface area contributed by atoms with Crippen LogP contribution < -0.4 is 10.1 Å². The van der Waals surface area contributed by atoms with Gasteiger partial charge in [-0.3, -0.25) is 4.79 Å². The molecule has 0 aliphatic carbocycles. The predicted molar refractivity (Wildman–Crippen MR) is 111 cm³/mol. The highest BCUT2D eigenvalue weighted by atomic mass is 16.5. The molecule has 3 aromatic carbocycles. The molecule has 144 valence electrons. The number of rotatable bonds is 8. The minimum absolute atomic E-state index is 0.147. The van der Waals surface area contributed by atoms with E-state index in [1.165, 1.54) is 5.56 Å². The van der Waals surface area contributed by atoms with E-state index < -0.39 is 0 Å². The third kappa shape index (κ3) is 5.21. The topological polar surface area (TPSA) is 47.6 Å². The van der Waals surface area contributed by atoms with Gasteiger partial charge in [-0.15, -0.1) is 0 Å². The van der Waals surface area contributed by atoms with Crippen LogP contribution in [0.2, 0.25) is 0 Å².